The lowest BCUT2D eigenvalue weighted by Gasteiger charge is -2.20. The first-order valence-corrected chi connectivity index (χ1v) is 6.57. The molecular formula is C14H16FN3O4. The molecule has 0 atom stereocenters. The van der Waals surface area contributed by atoms with Crippen LogP contribution >= 0.6 is 0 Å². The number of halogens is 1. The first-order chi connectivity index (χ1) is 10.5. The summed E-state index contributed by atoms with van der Waals surface area (Å²) in [6.45, 7) is 3.45. The molecule has 0 saturated heterocycles. The minimum Gasteiger partial charge on any atom is -0.450 e. The predicted octanol–water partition coefficient (Wildman–Crippen LogP) is 2.19. The number of carbonyl (C=O) groups is 2. The summed E-state index contributed by atoms with van der Waals surface area (Å²) >= 11 is 0. The zero-order valence-corrected chi connectivity index (χ0v) is 12.2. The van der Waals surface area contributed by atoms with Crippen LogP contribution < -0.4 is 10.6 Å². The maximum atomic E-state index is 14.0. The molecule has 2 amide bonds. The smallest absolute Gasteiger partial charge is 0.409 e. The standard InChI is InChI=1S/C14H16FN3O4/c1-3-21-13(19)17-12(18-14(20)22-4-2)10-6-5-9(8-16)7-11(10)15/h5-7,12H,3-4H2,1-2H3,(H,17,19)(H,18,20). The van der Waals surface area contributed by atoms with Crippen molar-refractivity contribution in [1.82, 2.24) is 10.6 Å². The quantitative estimate of drug-likeness (QED) is 0.812. The van der Waals surface area contributed by atoms with Gasteiger partial charge in [0.15, 0.2) is 0 Å². The molecule has 0 aliphatic carbocycles. The summed E-state index contributed by atoms with van der Waals surface area (Å²) in [5.41, 5.74) is 0.0902. The lowest BCUT2D eigenvalue weighted by atomic mass is 10.1. The van der Waals surface area contributed by atoms with Crippen molar-refractivity contribution in [3.63, 3.8) is 0 Å². The fourth-order valence-corrected chi connectivity index (χ4v) is 1.60. The lowest BCUT2D eigenvalue weighted by Crippen LogP contribution is -2.42. The van der Waals surface area contributed by atoms with Crippen molar-refractivity contribution in [3.05, 3.63) is 35.1 Å². The van der Waals surface area contributed by atoms with E-state index >= 15 is 0 Å². The van der Waals surface area contributed by atoms with Gasteiger partial charge in [-0.05, 0) is 26.0 Å². The molecule has 1 aromatic carbocycles. The highest BCUT2D eigenvalue weighted by molar-refractivity contribution is 5.71. The van der Waals surface area contributed by atoms with E-state index in [4.69, 9.17) is 14.7 Å². The van der Waals surface area contributed by atoms with Gasteiger partial charge in [0, 0.05) is 5.56 Å². The van der Waals surface area contributed by atoms with Crippen LogP contribution in [0, 0.1) is 17.1 Å². The topological polar surface area (TPSA) is 100 Å². The number of nitrogens with zero attached hydrogens (tertiary/aromatic N) is 1. The van der Waals surface area contributed by atoms with Gasteiger partial charge >= 0.3 is 12.2 Å². The molecule has 118 valence electrons. The van der Waals surface area contributed by atoms with E-state index in [1.54, 1.807) is 19.9 Å². The van der Waals surface area contributed by atoms with E-state index < -0.39 is 24.2 Å². The Labute approximate surface area is 127 Å². The molecule has 7 nitrogen and oxygen atoms in total. The molecule has 1 rings (SSSR count). The van der Waals surface area contributed by atoms with Crippen molar-refractivity contribution >= 4 is 12.2 Å². The average Bonchev–Trinajstić information content (AvgIpc) is 2.47. The normalized spacial score (nSPS) is 9.77. The van der Waals surface area contributed by atoms with E-state index in [0.717, 1.165) is 6.07 Å². The Kier molecular flexibility index (Phi) is 6.63. The molecule has 22 heavy (non-hydrogen) atoms. The summed E-state index contributed by atoms with van der Waals surface area (Å²) in [6, 6.07) is 5.45. The molecule has 2 N–H and O–H groups in total. The van der Waals surface area contributed by atoms with Crippen LogP contribution in [-0.4, -0.2) is 25.4 Å². The number of hydrogen-bond acceptors (Lipinski definition) is 5. The lowest BCUT2D eigenvalue weighted by molar-refractivity contribution is 0.134. The van der Waals surface area contributed by atoms with E-state index in [1.807, 2.05) is 0 Å². The molecule has 0 saturated carbocycles. The molecule has 0 aliphatic heterocycles. The van der Waals surface area contributed by atoms with E-state index in [-0.39, 0.29) is 24.3 Å². The van der Waals surface area contributed by atoms with Gasteiger partial charge < -0.3 is 9.47 Å². The Bertz CT molecular complexity index is 566. The van der Waals surface area contributed by atoms with E-state index in [0.29, 0.717) is 0 Å². The van der Waals surface area contributed by atoms with Gasteiger partial charge in [0.1, 0.15) is 12.0 Å². The van der Waals surface area contributed by atoms with Crippen molar-refractivity contribution in [2.24, 2.45) is 0 Å². The second-order valence-corrected chi connectivity index (χ2v) is 4.01. The van der Waals surface area contributed by atoms with Gasteiger partial charge in [0.05, 0.1) is 24.8 Å². The Morgan fingerprint density at radius 2 is 1.77 bits per heavy atom. The second-order valence-electron chi connectivity index (χ2n) is 4.01. The molecule has 0 heterocycles. The van der Waals surface area contributed by atoms with Gasteiger partial charge in [-0.3, -0.25) is 10.6 Å². The summed E-state index contributed by atoms with van der Waals surface area (Å²) < 4.78 is 23.4. The highest BCUT2D eigenvalue weighted by Crippen LogP contribution is 2.17. The van der Waals surface area contributed by atoms with Gasteiger partial charge in [-0.1, -0.05) is 6.07 Å². The third-order valence-corrected chi connectivity index (χ3v) is 2.52. The summed E-state index contributed by atoms with van der Waals surface area (Å²) in [5, 5.41) is 13.3. The maximum Gasteiger partial charge on any atom is 0.409 e. The van der Waals surface area contributed by atoms with Crippen molar-refractivity contribution in [3.8, 4) is 6.07 Å². The number of nitriles is 1. The largest absolute Gasteiger partial charge is 0.450 e. The number of amides is 2. The zero-order chi connectivity index (χ0) is 16.5. The number of ether oxygens (including phenoxy) is 2. The van der Waals surface area contributed by atoms with Crippen LogP contribution in [0.1, 0.15) is 31.1 Å². The van der Waals surface area contributed by atoms with Crippen LogP contribution in [0.3, 0.4) is 0 Å². The van der Waals surface area contributed by atoms with E-state index in [2.05, 4.69) is 10.6 Å². The predicted molar refractivity (Wildman–Crippen MR) is 74.2 cm³/mol. The SMILES string of the molecule is CCOC(=O)NC(NC(=O)OCC)c1ccc(C#N)cc1F. The first kappa shape index (κ1) is 17.2. The third kappa shape index (κ3) is 4.94. The van der Waals surface area contributed by atoms with Crippen molar-refractivity contribution in [2.75, 3.05) is 13.2 Å². The summed E-state index contributed by atoms with van der Waals surface area (Å²) in [6.07, 6.45) is -2.84. The van der Waals surface area contributed by atoms with Crippen molar-refractivity contribution in [1.29, 1.82) is 5.26 Å². The Hall–Kier alpha value is -2.82. The van der Waals surface area contributed by atoms with Gasteiger partial charge in [-0.2, -0.15) is 5.26 Å². The number of benzene rings is 1. The number of rotatable bonds is 5. The van der Waals surface area contributed by atoms with Gasteiger partial charge in [-0.25, -0.2) is 14.0 Å². The van der Waals surface area contributed by atoms with Crippen LogP contribution in [0.4, 0.5) is 14.0 Å². The molecule has 0 aliphatic rings. The van der Waals surface area contributed by atoms with Gasteiger partial charge in [0.25, 0.3) is 0 Å². The molecule has 0 unspecified atom stereocenters. The summed E-state index contributed by atoms with van der Waals surface area (Å²) in [4.78, 5) is 23.0. The number of carbonyl (C=O) groups excluding carboxylic acids is 2. The van der Waals surface area contributed by atoms with Crippen molar-refractivity contribution in [2.45, 2.75) is 20.0 Å². The second kappa shape index (κ2) is 8.46. The molecular weight excluding hydrogens is 293 g/mol. The molecule has 1 aromatic rings. The van der Waals surface area contributed by atoms with Crippen LogP contribution in [-0.2, 0) is 9.47 Å². The molecule has 0 radical (unpaired) electrons. The van der Waals surface area contributed by atoms with Gasteiger partial charge in [-0.15, -0.1) is 0 Å². The van der Waals surface area contributed by atoms with Crippen LogP contribution in [0.15, 0.2) is 18.2 Å². The van der Waals surface area contributed by atoms with Crippen LogP contribution in [0.25, 0.3) is 0 Å². The summed E-state index contributed by atoms with van der Waals surface area (Å²) in [7, 11) is 0. The van der Waals surface area contributed by atoms with E-state index in [1.165, 1.54) is 12.1 Å². The number of nitrogens with one attached hydrogen (secondary N) is 2. The fourth-order valence-electron chi connectivity index (χ4n) is 1.60. The maximum absolute atomic E-state index is 14.0. The van der Waals surface area contributed by atoms with Crippen molar-refractivity contribution < 1.29 is 23.5 Å². The highest BCUT2D eigenvalue weighted by Gasteiger charge is 2.21. The highest BCUT2D eigenvalue weighted by atomic mass is 19.1. The number of alkyl carbamates (subject to hydrolysis) is 2. The van der Waals surface area contributed by atoms with Crippen LogP contribution in [0.5, 0.6) is 0 Å². The number of hydrogen-bond donors (Lipinski definition) is 2. The first-order valence-electron chi connectivity index (χ1n) is 6.57. The minimum absolute atomic E-state index is 0.0277. The Morgan fingerprint density at radius 1 is 1.23 bits per heavy atom. The Morgan fingerprint density at radius 3 is 2.18 bits per heavy atom. The average molecular weight is 309 g/mol. The third-order valence-electron chi connectivity index (χ3n) is 2.52. The molecule has 0 spiro atoms. The fraction of sp³-hybridized carbons (Fsp3) is 0.357. The molecule has 0 fully saturated rings. The molecule has 0 aromatic heterocycles. The minimum atomic E-state index is -1.19. The Balaban J connectivity index is 3.00. The van der Waals surface area contributed by atoms with Crippen LogP contribution in [0.2, 0.25) is 0 Å². The van der Waals surface area contributed by atoms with E-state index in [9.17, 15) is 14.0 Å². The van der Waals surface area contributed by atoms with Gasteiger partial charge in [0.2, 0.25) is 0 Å². The monoisotopic (exact) mass is 309 g/mol. The summed E-state index contributed by atoms with van der Waals surface area (Å²) in [5.74, 6) is -0.752. The zero-order valence-electron chi connectivity index (χ0n) is 12.2. The molecule has 0 bridgehead atoms. The molecule has 8 heteroatoms.